The molecule has 24 heavy (non-hydrogen) atoms. The molecule has 1 aromatic heterocycles. The van der Waals surface area contributed by atoms with Crippen molar-refractivity contribution in [3.63, 3.8) is 0 Å². The van der Waals surface area contributed by atoms with Gasteiger partial charge in [-0.25, -0.2) is 9.78 Å². The minimum absolute atomic E-state index is 0.0526. The fraction of sp³-hybridized carbons (Fsp3) is 0.444. The van der Waals surface area contributed by atoms with Crippen LogP contribution in [0.1, 0.15) is 19.8 Å². The van der Waals surface area contributed by atoms with E-state index in [1.165, 1.54) is 0 Å². The number of rotatable bonds is 5. The van der Waals surface area contributed by atoms with Gasteiger partial charge in [0, 0.05) is 32.0 Å². The molecule has 0 saturated carbocycles. The molecule has 2 amide bonds. The molecular weight excluding hydrogens is 304 g/mol. The van der Waals surface area contributed by atoms with Crippen molar-refractivity contribution in [3.05, 3.63) is 43.0 Å². The molecule has 0 atom stereocenters. The summed E-state index contributed by atoms with van der Waals surface area (Å²) in [6, 6.07) is 7.49. The normalized spacial score (nSPS) is 15.3. The van der Waals surface area contributed by atoms with Gasteiger partial charge in [0.05, 0.1) is 18.6 Å². The maximum absolute atomic E-state index is 12.5. The number of carbonyl (C=O) groups excluding carboxylic acids is 1. The maximum Gasteiger partial charge on any atom is 0.321 e. The molecule has 1 aliphatic rings. The molecule has 0 spiro atoms. The lowest BCUT2D eigenvalue weighted by Gasteiger charge is -2.32. The van der Waals surface area contributed by atoms with E-state index in [9.17, 15) is 4.79 Å². The molecule has 1 N–H and O–H groups in total. The summed E-state index contributed by atoms with van der Waals surface area (Å²) < 4.78 is 7.67. The van der Waals surface area contributed by atoms with Crippen LogP contribution in [-0.2, 0) is 6.54 Å². The molecule has 3 rings (SSSR count). The number of amides is 2. The van der Waals surface area contributed by atoms with Gasteiger partial charge in [-0.05, 0) is 37.8 Å². The first-order valence-corrected chi connectivity index (χ1v) is 8.49. The number of carbonyl (C=O) groups is 1. The fourth-order valence-corrected chi connectivity index (χ4v) is 3.06. The van der Waals surface area contributed by atoms with Crippen molar-refractivity contribution < 1.29 is 9.53 Å². The second kappa shape index (κ2) is 7.86. The third-order valence-corrected chi connectivity index (χ3v) is 4.36. The number of piperidine rings is 1. The average Bonchev–Trinajstić information content (AvgIpc) is 3.10. The monoisotopic (exact) mass is 328 g/mol. The Hall–Kier alpha value is -2.50. The predicted molar refractivity (Wildman–Crippen MR) is 93.2 cm³/mol. The SMILES string of the molecule is CCOc1ccccc1NC(=O)N1CCC(Cn2ccnc2)CC1. The summed E-state index contributed by atoms with van der Waals surface area (Å²) in [5, 5.41) is 2.97. The molecule has 6 nitrogen and oxygen atoms in total. The summed E-state index contributed by atoms with van der Waals surface area (Å²) in [5.41, 5.74) is 0.727. The number of benzene rings is 1. The Kier molecular flexibility index (Phi) is 5.36. The van der Waals surface area contributed by atoms with Crippen molar-refractivity contribution in [3.8, 4) is 5.75 Å². The van der Waals surface area contributed by atoms with E-state index in [0.29, 0.717) is 18.3 Å². The highest BCUT2D eigenvalue weighted by Gasteiger charge is 2.23. The molecule has 6 heteroatoms. The van der Waals surface area contributed by atoms with Crippen molar-refractivity contribution in [2.75, 3.05) is 25.0 Å². The Morgan fingerprint density at radius 2 is 2.12 bits per heavy atom. The van der Waals surface area contributed by atoms with Crippen LogP contribution in [0.5, 0.6) is 5.75 Å². The van der Waals surface area contributed by atoms with Crippen LogP contribution >= 0.6 is 0 Å². The van der Waals surface area contributed by atoms with Gasteiger partial charge in [-0.15, -0.1) is 0 Å². The smallest absolute Gasteiger partial charge is 0.321 e. The van der Waals surface area contributed by atoms with Gasteiger partial charge in [0.2, 0.25) is 0 Å². The zero-order valence-corrected chi connectivity index (χ0v) is 14.0. The third-order valence-electron chi connectivity index (χ3n) is 4.36. The third kappa shape index (κ3) is 4.07. The number of hydrogen-bond acceptors (Lipinski definition) is 3. The summed E-state index contributed by atoms with van der Waals surface area (Å²) >= 11 is 0. The van der Waals surface area contributed by atoms with Crippen LogP contribution in [0.2, 0.25) is 0 Å². The van der Waals surface area contributed by atoms with E-state index in [-0.39, 0.29) is 6.03 Å². The highest BCUT2D eigenvalue weighted by Crippen LogP contribution is 2.25. The summed E-state index contributed by atoms with van der Waals surface area (Å²) in [7, 11) is 0. The van der Waals surface area contributed by atoms with E-state index in [1.54, 1.807) is 6.20 Å². The van der Waals surface area contributed by atoms with E-state index in [2.05, 4.69) is 14.9 Å². The van der Waals surface area contributed by atoms with E-state index in [0.717, 1.165) is 38.2 Å². The number of urea groups is 1. The van der Waals surface area contributed by atoms with E-state index < -0.39 is 0 Å². The van der Waals surface area contributed by atoms with E-state index >= 15 is 0 Å². The number of nitrogens with one attached hydrogen (secondary N) is 1. The minimum atomic E-state index is -0.0526. The van der Waals surface area contributed by atoms with Crippen LogP contribution in [0.4, 0.5) is 10.5 Å². The molecule has 1 fully saturated rings. The van der Waals surface area contributed by atoms with Gasteiger partial charge in [0.1, 0.15) is 5.75 Å². The van der Waals surface area contributed by atoms with E-state index in [1.807, 2.05) is 48.6 Å². The molecule has 2 aromatic rings. The van der Waals surface area contributed by atoms with Crippen LogP contribution in [-0.4, -0.2) is 40.2 Å². The largest absolute Gasteiger partial charge is 0.492 e. The zero-order valence-electron chi connectivity index (χ0n) is 14.0. The quantitative estimate of drug-likeness (QED) is 0.917. The van der Waals surface area contributed by atoms with E-state index in [4.69, 9.17) is 4.74 Å². The Labute approximate surface area is 142 Å². The predicted octanol–water partition coefficient (Wildman–Crippen LogP) is 3.23. The average molecular weight is 328 g/mol. The van der Waals surface area contributed by atoms with Crippen LogP contribution in [0.25, 0.3) is 0 Å². The number of anilines is 1. The second-order valence-corrected chi connectivity index (χ2v) is 6.05. The van der Waals surface area contributed by atoms with Crippen molar-refractivity contribution in [2.45, 2.75) is 26.3 Å². The van der Waals surface area contributed by atoms with Crippen LogP contribution in [0.15, 0.2) is 43.0 Å². The number of likely N-dealkylation sites (tertiary alicyclic amines) is 1. The number of nitrogens with zero attached hydrogens (tertiary/aromatic N) is 3. The first-order valence-electron chi connectivity index (χ1n) is 8.49. The summed E-state index contributed by atoms with van der Waals surface area (Å²) in [6.45, 7) is 5.04. The number of aromatic nitrogens is 2. The second-order valence-electron chi connectivity index (χ2n) is 6.05. The molecular formula is C18H24N4O2. The standard InChI is InChI=1S/C18H24N4O2/c1-2-24-17-6-4-3-5-16(17)20-18(23)22-10-7-15(8-11-22)13-21-12-9-19-14-21/h3-6,9,12,14-15H,2,7-8,10-11,13H2,1H3,(H,20,23). The van der Waals surface area contributed by atoms with Crippen LogP contribution in [0.3, 0.4) is 0 Å². The Bertz CT molecular complexity index is 649. The molecule has 0 bridgehead atoms. The van der Waals surface area contributed by atoms with Crippen molar-refractivity contribution in [1.29, 1.82) is 0 Å². The number of hydrogen-bond donors (Lipinski definition) is 1. The molecule has 1 aromatic carbocycles. The van der Waals surface area contributed by atoms with Gasteiger partial charge >= 0.3 is 6.03 Å². The molecule has 0 aliphatic carbocycles. The lowest BCUT2D eigenvalue weighted by Crippen LogP contribution is -2.41. The van der Waals surface area contributed by atoms with Crippen molar-refractivity contribution >= 4 is 11.7 Å². The Balaban J connectivity index is 1.52. The summed E-state index contributed by atoms with van der Waals surface area (Å²) in [6.07, 6.45) is 7.67. The molecule has 1 aliphatic heterocycles. The highest BCUT2D eigenvalue weighted by molar-refractivity contribution is 5.91. The maximum atomic E-state index is 12.5. The van der Waals surface area contributed by atoms with Gasteiger partial charge in [-0.3, -0.25) is 0 Å². The topological polar surface area (TPSA) is 59.4 Å². The Morgan fingerprint density at radius 1 is 1.33 bits per heavy atom. The number of para-hydroxylation sites is 2. The number of ether oxygens (including phenoxy) is 1. The first kappa shape index (κ1) is 16.4. The summed E-state index contributed by atoms with van der Waals surface area (Å²) in [5.74, 6) is 1.31. The summed E-state index contributed by atoms with van der Waals surface area (Å²) in [4.78, 5) is 18.5. The molecule has 128 valence electrons. The zero-order chi connectivity index (χ0) is 16.8. The van der Waals surface area contributed by atoms with Gasteiger partial charge in [0.15, 0.2) is 0 Å². The van der Waals surface area contributed by atoms with Gasteiger partial charge in [0.25, 0.3) is 0 Å². The fourth-order valence-electron chi connectivity index (χ4n) is 3.06. The van der Waals surface area contributed by atoms with Gasteiger partial charge < -0.3 is 19.5 Å². The Morgan fingerprint density at radius 3 is 2.83 bits per heavy atom. The minimum Gasteiger partial charge on any atom is -0.492 e. The van der Waals surface area contributed by atoms with Crippen LogP contribution in [0, 0.1) is 5.92 Å². The van der Waals surface area contributed by atoms with Crippen molar-refractivity contribution in [1.82, 2.24) is 14.5 Å². The van der Waals surface area contributed by atoms with Gasteiger partial charge in [-0.2, -0.15) is 0 Å². The molecule has 0 unspecified atom stereocenters. The van der Waals surface area contributed by atoms with Crippen LogP contribution < -0.4 is 10.1 Å². The van der Waals surface area contributed by atoms with Gasteiger partial charge in [-0.1, -0.05) is 12.1 Å². The molecule has 0 radical (unpaired) electrons. The highest BCUT2D eigenvalue weighted by atomic mass is 16.5. The number of imidazole rings is 1. The molecule has 2 heterocycles. The molecule has 1 saturated heterocycles. The lowest BCUT2D eigenvalue weighted by molar-refractivity contribution is 0.177. The first-order chi connectivity index (χ1) is 11.8. The lowest BCUT2D eigenvalue weighted by atomic mass is 9.97. The van der Waals surface area contributed by atoms with Crippen molar-refractivity contribution in [2.24, 2.45) is 5.92 Å².